The first-order chi connectivity index (χ1) is 14.4. The van der Waals surface area contributed by atoms with Crippen molar-refractivity contribution in [3.8, 4) is 0 Å². The van der Waals surface area contributed by atoms with Crippen LogP contribution in [0.2, 0.25) is 10.0 Å². The first kappa shape index (κ1) is 24.2. The Morgan fingerprint density at radius 1 is 1.19 bits per heavy atom. The predicted molar refractivity (Wildman–Crippen MR) is 131 cm³/mol. The second-order valence-electron chi connectivity index (χ2n) is 8.71. The Hall–Kier alpha value is -1.46. The van der Waals surface area contributed by atoms with Crippen LogP contribution in [-0.2, 0) is 10.2 Å². The van der Waals surface area contributed by atoms with E-state index < -0.39 is 5.41 Å². The highest BCUT2D eigenvalue weighted by Crippen LogP contribution is 2.45. The van der Waals surface area contributed by atoms with Gasteiger partial charge in [0.15, 0.2) is 0 Å². The number of nitrogens with zero attached hydrogens (tertiary/aromatic N) is 1. The highest BCUT2D eigenvalue weighted by Gasteiger charge is 2.50. The highest BCUT2D eigenvalue weighted by molar-refractivity contribution is 6.42. The Balaban J connectivity index is 0.00000272. The molecule has 0 aliphatic carbocycles. The molecule has 3 N–H and O–H groups in total. The van der Waals surface area contributed by atoms with E-state index in [2.05, 4.69) is 29.3 Å². The molecular weight excluding hydrogens is 453 g/mol. The highest BCUT2D eigenvalue weighted by atomic mass is 35.5. The van der Waals surface area contributed by atoms with Crippen LogP contribution in [0.4, 0.5) is 5.69 Å². The van der Waals surface area contributed by atoms with Gasteiger partial charge >= 0.3 is 0 Å². The lowest BCUT2D eigenvalue weighted by atomic mass is 9.59. The molecule has 2 heterocycles. The fraction of sp³-hybridized carbons (Fsp3) is 0.458. The van der Waals surface area contributed by atoms with Gasteiger partial charge in [-0.05, 0) is 67.4 Å². The number of hydrogen-bond acceptors (Lipinski definition) is 3. The minimum Gasteiger partial charge on any atom is -0.371 e. The maximum Gasteiger partial charge on any atom is 0.228 e. The lowest BCUT2D eigenvalue weighted by molar-refractivity contribution is -0.128. The molecule has 2 saturated heterocycles. The SMILES string of the molecule is CC(C1CCN(c2ccc(Cl)c(Cl)c2)C1)C1CNCCC1(C(N)=O)c1ccccc1.Cl. The average Bonchev–Trinajstić information content (AvgIpc) is 3.26. The molecule has 0 aromatic heterocycles. The van der Waals surface area contributed by atoms with Gasteiger partial charge in [0, 0.05) is 18.8 Å². The number of halogens is 3. The third-order valence-corrected chi connectivity index (χ3v) is 8.03. The van der Waals surface area contributed by atoms with E-state index >= 15 is 0 Å². The predicted octanol–water partition coefficient (Wildman–Crippen LogP) is 4.91. The summed E-state index contributed by atoms with van der Waals surface area (Å²) in [5, 5.41) is 4.68. The zero-order chi connectivity index (χ0) is 21.3. The van der Waals surface area contributed by atoms with Gasteiger partial charge in [-0.15, -0.1) is 12.4 Å². The average molecular weight is 483 g/mol. The molecule has 0 saturated carbocycles. The maximum atomic E-state index is 12.9. The van der Waals surface area contributed by atoms with Crippen LogP contribution < -0.4 is 16.0 Å². The van der Waals surface area contributed by atoms with E-state index in [0.717, 1.165) is 50.3 Å². The number of hydrogen-bond donors (Lipinski definition) is 2. The van der Waals surface area contributed by atoms with Gasteiger partial charge in [0.2, 0.25) is 5.91 Å². The zero-order valence-electron chi connectivity index (χ0n) is 17.7. The van der Waals surface area contributed by atoms with Crippen LogP contribution in [0, 0.1) is 17.8 Å². The van der Waals surface area contributed by atoms with Gasteiger partial charge in [-0.3, -0.25) is 4.79 Å². The lowest BCUT2D eigenvalue weighted by Gasteiger charge is -2.46. The molecule has 7 heteroatoms. The molecule has 0 bridgehead atoms. The number of anilines is 1. The molecule has 1 amide bonds. The zero-order valence-corrected chi connectivity index (χ0v) is 20.0. The molecule has 4 rings (SSSR count). The topological polar surface area (TPSA) is 58.4 Å². The van der Waals surface area contributed by atoms with Crippen LogP contribution in [0.1, 0.15) is 25.3 Å². The van der Waals surface area contributed by atoms with Gasteiger partial charge in [0.1, 0.15) is 0 Å². The van der Waals surface area contributed by atoms with E-state index in [4.69, 9.17) is 28.9 Å². The second kappa shape index (κ2) is 9.99. The smallest absolute Gasteiger partial charge is 0.228 e. The number of nitrogens with one attached hydrogen (secondary N) is 1. The van der Waals surface area contributed by atoms with E-state index in [9.17, 15) is 4.79 Å². The molecule has 2 aromatic rings. The van der Waals surface area contributed by atoms with Crippen molar-refractivity contribution in [3.05, 3.63) is 64.1 Å². The van der Waals surface area contributed by atoms with Crippen molar-refractivity contribution in [1.82, 2.24) is 5.32 Å². The fourth-order valence-corrected chi connectivity index (χ4v) is 5.83. The Morgan fingerprint density at radius 3 is 2.61 bits per heavy atom. The largest absolute Gasteiger partial charge is 0.371 e. The number of benzene rings is 2. The summed E-state index contributed by atoms with van der Waals surface area (Å²) in [6.07, 6.45) is 1.83. The van der Waals surface area contributed by atoms with Crippen molar-refractivity contribution in [1.29, 1.82) is 0 Å². The third kappa shape index (κ3) is 4.54. The van der Waals surface area contributed by atoms with Crippen LogP contribution in [0.25, 0.3) is 0 Å². The van der Waals surface area contributed by atoms with Crippen LogP contribution in [0.15, 0.2) is 48.5 Å². The van der Waals surface area contributed by atoms with E-state index in [-0.39, 0.29) is 24.2 Å². The summed E-state index contributed by atoms with van der Waals surface area (Å²) in [6, 6.07) is 16.0. The summed E-state index contributed by atoms with van der Waals surface area (Å²) >= 11 is 12.3. The van der Waals surface area contributed by atoms with Crippen molar-refractivity contribution in [2.45, 2.75) is 25.2 Å². The van der Waals surface area contributed by atoms with Crippen molar-refractivity contribution >= 4 is 47.2 Å². The summed E-state index contributed by atoms with van der Waals surface area (Å²) < 4.78 is 0. The number of piperidine rings is 1. The second-order valence-corrected chi connectivity index (χ2v) is 9.53. The summed E-state index contributed by atoms with van der Waals surface area (Å²) in [4.78, 5) is 15.3. The summed E-state index contributed by atoms with van der Waals surface area (Å²) in [5.74, 6) is 0.779. The van der Waals surface area contributed by atoms with Crippen molar-refractivity contribution < 1.29 is 4.79 Å². The number of carbonyl (C=O) groups is 1. The normalized spacial score (nSPS) is 26.9. The molecule has 4 unspecified atom stereocenters. The Bertz CT molecular complexity index is 910. The Labute approximate surface area is 200 Å². The maximum absolute atomic E-state index is 12.9. The minimum absolute atomic E-state index is 0. The van der Waals surface area contributed by atoms with Crippen molar-refractivity contribution in [2.75, 3.05) is 31.1 Å². The lowest BCUT2D eigenvalue weighted by Crippen LogP contribution is -2.58. The number of nitrogens with two attached hydrogens (primary N) is 1. The summed E-state index contributed by atoms with van der Waals surface area (Å²) in [7, 11) is 0. The number of amides is 1. The van der Waals surface area contributed by atoms with Gasteiger partial charge in [0.05, 0.1) is 15.5 Å². The standard InChI is InChI=1S/C24H29Cl2N3O.ClH/c1-16(17-9-12-29(15-17)19-7-8-21(25)22(26)13-19)20-14-28-11-10-24(20,23(27)30)18-5-3-2-4-6-18;/h2-8,13,16-17,20,28H,9-12,14-15H2,1H3,(H2,27,30);1H. The first-order valence-corrected chi connectivity index (χ1v) is 11.4. The number of primary amides is 1. The molecule has 31 heavy (non-hydrogen) atoms. The van der Waals surface area contributed by atoms with E-state index in [1.54, 1.807) is 0 Å². The minimum atomic E-state index is -0.622. The fourth-order valence-electron chi connectivity index (χ4n) is 5.54. The molecule has 0 radical (unpaired) electrons. The summed E-state index contributed by atoms with van der Waals surface area (Å²) in [6.45, 7) is 5.83. The van der Waals surface area contributed by atoms with Gasteiger partial charge in [-0.1, -0.05) is 60.5 Å². The van der Waals surface area contributed by atoms with E-state index in [1.165, 1.54) is 0 Å². The summed E-state index contributed by atoms with van der Waals surface area (Å²) in [5.41, 5.74) is 7.64. The Morgan fingerprint density at radius 2 is 1.94 bits per heavy atom. The molecule has 4 nitrogen and oxygen atoms in total. The molecule has 2 fully saturated rings. The quantitative estimate of drug-likeness (QED) is 0.636. The van der Waals surface area contributed by atoms with Gasteiger partial charge in [0.25, 0.3) is 0 Å². The van der Waals surface area contributed by atoms with Crippen LogP contribution in [0.3, 0.4) is 0 Å². The van der Waals surface area contributed by atoms with Crippen LogP contribution >= 0.6 is 35.6 Å². The monoisotopic (exact) mass is 481 g/mol. The molecule has 168 valence electrons. The van der Waals surface area contributed by atoms with Gasteiger partial charge in [-0.25, -0.2) is 0 Å². The number of carbonyl (C=O) groups excluding carboxylic acids is 1. The first-order valence-electron chi connectivity index (χ1n) is 10.7. The molecular formula is C24H30Cl3N3O. The third-order valence-electron chi connectivity index (χ3n) is 7.29. The van der Waals surface area contributed by atoms with Gasteiger partial charge in [-0.2, -0.15) is 0 Å². The van der Waals surface area contributed by atoms with Crippen molar-refractivity contribution in [2.24, 2.45) is 23.5 Å². The van der Waals surface area contributed by atoms with Crippen LogP contribution in [0.5, 0.6) is 0 Å². The Kier molecular flexibility index (Phi) is 7.80. The van der Waals surface area contributed by atoms with E-state index in [0.29, 0.717) is 21.9 Å². The molecule has 2 aliphatic rings. The number of rotatable bonds is 5. The van der Waals surface area contributed by atoms with Gasteiger partial charge < -0.3 is 16.0 Å². The van der Waals surface area contributed by atoms with Crippen LogP contribution in [-0.4, -0.2) is 32.1 Å². The van der Waals surface area contributed by atoms with E-state index in [1.807, 2.05) is 36.4 Å². The molecule has 4 atom stereocenters. The molecule has 0 spiro atoms. The molecule has 2 aromatic carbocycles. The van der Waals surface area contributed by atoms with Crippen molar-refractivity contribution in [3.63, 3.8) is 0 Å². The molecule has 2 aliphatic heterocycles.